The fourth-order valence-corrected chi connectivity index (χ4v) is 2.74. The first-order valence-electron chi connectivity index (χ1n) is 7.23. The number of benzene rings is 1. The second-order valence-electron chi connectivity index (χ2n) is 5.51. The number of aliphatic hydroxyl groups excluding tert-OH is 1. The van der Waals surface area contributed by atoms with E-state index >= 15 is 0 Å². The van der Waals surface area contributed by atoms with Gasteiger partial charge in [-0.3, -0.25) is 0 Å². The Morgan fingerprint density at radius 3 is 2.90 bits per heavy atom. The van der Waals surface area contributed by atoms with Crippen molar-refractivity contribution < 1.29 is 5.11 Å². The first-order chi connectivity index (χ1) is 9.67. The number of hydrogen-bond donors (Lipinski definition) is 3. The van der Waals surface area contributed by atoms with Crippen LogP contribution in [0.2, 0.25) is 0 Å². The van der Waals surface area contributed by atoms with Gasteiger partial charge in [0.2, 0.25) is 0 Å². The number of nitrogens with zero attached hydrogens (tertiary/aromatic N) is 1. The number of anilines is 1. The number of nitrogens with one attached hydrogen (secondary N) is 2. The van der Waals surface area contributed by atoms with Crippen LogP contribution in [0.15, 0.2) is 24.3 Å². The Morgan fingerprint density at radius 1 is 1.35 bits per heavy atom. The van der Waals surface area contributed by atoms with Crippen LogP contribution in [0.25, 0.3) is 10.9 Å². The van der Waals surface area contributed by atoms with Gasteiger partial charge in [0.1, 0.15) is 5.82 Å². The molecule has 20 heavy (non-hydrogen) atoms. The molecule has 1 fully saturated rings. The maximum atomic E-state index is 9.85. The third kappa shape index (κ3) is 2.49. The van der Waals surface area contributed by atoms with Crippen LogP contribution >= 0.6 is 0 Å². The van der Waals surface area contributed by atoms with Gasteiger partial charge in [-0.15, -0.1) is 0 Å². The van der Waals surface area contributed by atoms with E-state index in [2.05, 4.69) is 53.7 Å². The van der Waals surface area contributed by atoms with Crippen molar-refractivity contribution in [3.05, 3.63) is 35.4 Å². The largest absolute Gasteiger partial charge is 0.390 e. The number of aryl methyl sites for hydroxylation is 2. The van der Waals surface area contributed by atoms with E-state index in [1.807, 2.05) is 0 Å². The number of aliphatic hydroxyl groups is 1. The number of aromatic nitrogens is 1. The van der Waals surface area contributed by atoms with E-state index in [4.69, 9.17) is 0 Å². The Morgan fingerprint density at radius 2 is 2.20 bits per heavy atom. The highest BCUT2D eigenvalue weighted by atomic mass is 16.3. The molecular weight excluding hydrogens is 250 g/mol. The summed E-state index contributed by atoms with van der Waals surface area (Å²) < 4.78 is 0. The van der Waals surface area contributed by atoms with Gasteiger partial charge in [-0.1, -0.05) is 13.0 Å². The van der Waals surface area contributed by atoms with Gasteiger partial charge in [0.05, 0.1) is 17.7 Å². The first-order valence-corrected chi connectivity index (χ1v) is 7.23. The van der Waals surface area contributed by atoms with Crippen molar-refractivity contribution in [1.29, 1.82) is 0 Å². The van der Waals surface area contributed by atoms with E-state index in [0.717, 1.165) is 24.3 Å². The van der Waals surface area contributed by atoms with Crippen LogP contribution in [0.3, 0.4) is 0 Å². The highest BCUT2D eigenvalue weighted by Crippen LogP contribution is 2.22. The van der Waals surface area contributed by atoms with Crippen molar-refractivity contribution in [3.8, 4) is 0 Å². The minimum absolute atomic E-state index is 0.0364. The Hall–Kier alpha value is -1.65. The Kier molecular flexibility index (Phi) is 3.59. The maximum Gasteiger partial charge on any atom is 0.127 e. The van der Waals surface area contributed by atoms with Crippen molar-refractivity contribution in [1.82, 2.24) is 10.3 Å². The second kappa shape index (κ2) is 5.38. The fourth-order valence-electron chi connectivity index (χ4n) is 2.74. The normalized spacial score (nSPS) is 22.4. The zero-order chi connectivity index (χ0) is 14.1. The molecule has 1 aromatic heterocycles. The van der Waals surface area contributed by atoms with E-state index in [-0.39, 0.29) is 12.1 Å². The molecule has 0 unspecified atom stereocenters. The molecule has 1 aliphatic rings. The second-order valence-corrected chi connectivity index (χ2v) is 5.51. The van der Waals surface area contributed by atoms with E-state index in [1.165, 1.54) is 16.5 Å². The number of fused-ring (bicyclic) bond motifs is 1. The van der Waals surface area contributed by atoms with Crippen LogP contribution in [-0.4, -0.2) is 35.3 Å². The number of β-amino-alcohol motifs (C(OH)–C–C–N with tert-alkyl or cyclic N) is 1. The van der Waals surface area contributed by atoms with Gasteiger partial charge in [-0.25, -0.2) is 4.98 Å². The molecule has 0 saturated carbocycles. The molecular formula is C16H21N3O. The van der Waals surface area contributed by atoms with Gasteiger partial charge >= 0.3 is 0 Å². The molecule has 3 N–H and O–H groups in total. The van der Waals surface area contributed by atoms with Crippen LogP contribution in [0.5, 0.6) is 0 Å². The topological polar surface area (TPSA) is 57.2 Å². The lowest BCUT2D eigenvalue weighted by molar-refractivity contribution is 0.185. The highest BCUT2D eigenvalue weighted by Gasteiger charge is 2.24. The third-order valence-corrected chi connectivity index (χ3v) is 4.00. The van der Waals surface area contributed by atoms with E-state index < -0.39 is 0 Å². The van der Waals surface area contributed by atoms with Crippen LogP contribution in [0.4, 0.5) is 5.82 Å². The molecule has 2 heterocycles. The van der Waals surface area contributed by atoms with Crippen molar-refractivity contribution in [3.63, 3.8) is 0 Å². The summed E-state index contributed by atoms with van der Waals surface area (Å²) in [4.78, 5) is 4.66. The fraction of sp³-hybridized carbons (Fsp3) is 0.438. The molecule has 1 saturated heterocycles. The highest BCUT2D eigenvalue weighted by molar-refractivity contribution is 5.84. The molecule has 3 rings (SSSR count). The number of rotatable bonds is 3. The van der Waals surface area contributed by atoms with E-state index in [0.29, 0.717) is 6.54 Å². The third-order valence-electron chi connectivity index (χ3n) is 4.00. The lowest BCUT2D eigenvalue weighted by Gasteiger charge is -2.17. The van der Waals surface area contributed by atoms with Crippen molar-refractivity contribution in [2.75, 3.05) is 18.4 Å². The first kappa shape index (κ1) is 13.3. The summed E-state index contributed by atoms with van der Waals surface area (Å²) in [5, 5.41) is 17.6. The van der Waals surface area contributed by atoms with Crippen molar-refractivity contribution in [2.24, 2.45) is 0 Å². The monoisotopic (exact) mass is 271 g/mol. The van der Waals surface area contributed by atoms with Gasteiger partial charge < -0.3 is 15.7 Å². The van der Waals surface area contributed by atoms with Crippen molar-refractivity contribution >= 4 is 16.7 Å². The quantitative estimate of drug-likeness (QED) is 0.797. The summed E-state index contributed by atoms with van der Waals surface area (Å²) in [7, 11) is 0. The summed E-state index contributed by atoms with van der Waals surface area (Å²) in [6, 6.07) is 8.52. The van der Waals surface area contributed by atoms with Crippen LogP contribution < -0.4 is 10.6 Å². The van der Waals surface area contributed by atoms with Crippen LogP contribution in [0.1, 0.15) is 18.1 Å². The summed E-state index contributed by atoms with van der Waals surface area (Å²) in [6.07, 6.45) is 0.685. The predicted molar refractivity (Wildman–Crippen MR) is 82.1 cm³/mol. The molecule has 1 aliphatic heterocycles. The molecule has 1 aromatic carbocycles. The summed E-state index contributed by atoms with van der Waals surface area (Å²) >= 11 is 0. The summed E-state index contributed by atoms with van der Waals surface area (Å²) in [5.41, 5.74) is 3.55. The van der Waals surface area contributed by atoms with Gasteiger partial charge in [-0.2, -0.15) is 0 Å². The molecule has 0 radical (unpaired) electrons. The molecule has 0 aliphatic carbocycles. The predicted octanol–water partition coefficient (Wildman–Crippen LogP) is 1.85. The Labute approximate surface area is 119 Å². The Bertz CT molecular complexity index is 626. The lowest BCUT2D eigenvalue weighted by Crippen LogP contribution is -2.32. The minimum atomic E-state index is -0.352. The molecule has 0 amide bonds. The molecule has 0 bridgehead atoms. The summed E-state index contributed by atoms with van der Waals surface area (Å²) in [5.74, 6) is 0.840. The Balaban J connectivity index is 1.93. The minimum Gasteiger partial charge on any atom is -0.390 e. The SMILES string of the molecule is CCc1ccc2nc(N[C@@H]3CNC[C@H]3O)cc(C)c2c1. The molecule has 4 nitrogen and oxygen atoms in total. The number of hydrogen-bond acceptors (Lipinski definition) is 4. The van der Waals surface area contributed by atoms with E-state index in [9.17, 15) is 5.11 Å². The molecule has 0 spiro atoms. The molecule has 4 heteroatoms. The smallest absolute Gasteiger partial charge is 0.127 e. The zero-order valence-corrected chi connectivity index (χ0v) is 12.0. The summed E-state index contributed by atoms with van der Waals surface area (Å²) in [6.45, 7) is 5.69. The van der Waals surface area contributed by atoms with Crippen LogP contribution in [-0.2, 0) is 6.42 Å². The van der Waals surface area contributed by atoms with Crippen LogP contribution in [0, 0.1) is 6.92 Å². The van der Waals surface area contributed by atoms with E-state index in [1.54, 1.807) is 0 Å². The molecule has 106 valence electrons. The van der Waals surface area contributed by atoms with Gasteiger partial charge in [0.25, 0.3) is 0 Å². The average Bonchev–Trinajstić information content (AvgIpc) is 2.84. The number of pyridine rings is 1. The molecule has 2 atom stereocenters. The zero-order valence-electron chi connectivity index (χ0n) is 12.0. The lowest BCUT2D eigenvalue weighted by atomic mass is 10.1. The average molecular weight is 271 g/mol. The van der Waals surface area contributed by atoms with Crippen molar-refractivity contribution in [2.45, 2.75) is 32.4 Å². The molecule has 2 aromatic rings. The van der Waals surface area contributed by atoms with Gasteiger partial charge in [0, 0.05) is 18.5 Å². The van der Waals surface area contributed by atoms with Gasteiger partial charge in [-0.05, 0) is 42.7 Å². The van der Waals surface area contributed by atoms with Gasteiger partial charge in [0.15, 0.2) is 0 Å². The maximum absolute atomic E-state index is 9.85. The standard InChI is InChI=1S/C16H21N3O/c1-3-11-4-5-13-12(7-11)10(2)6-16(18-13)19-14-8-17-9-15(14)20/h4-7,14-15,17,20H,3,8-9H2,1-2H3,(H,18,19)/t14-,15-/m1/s1.